The van der Waals surface area contributed by atoms with E-state index in [1.807, 2.05) is 32.9 Å². The fourth-order valence-corrected chi connectivity index (χ4v) is 3.06. The van der Waals surface area contributed by atoms with Crippen LogP contribution < -0.4 is 19.5 Å². The number of carbonyl (C=O) groups is 1. The molecule has 1 heterocycles. The SMILES string of the molecule is CCCOc1ccc(-c2nonc2NC(=O)C(C)Oc2ccc(Cl)c(C)c2)cc1OCCC. The Morgan fingerprint density at radius 3 is 2.48 bits per heavy atom. The number of ether oxygens (including phenoxy) is 3. The van der Waals surface area contributed by atoms with E-state index in [1.165, 1.54) is 0 Å². The average Bonchev–Trinajstić information content (AvgIpc) is 3.27. The summed E-state index contributed by atoms with van der Waals surface area (Å²) >= 11 is 6.05. The van der Waals surface area contributed by atoms with Crippen LogP contribution in [0, 0.1) is 6.92 Å². The molecule has 3 rings (SSSR count). The van der Waals surface area contributed by atoms with E-state index in [9.17, 15) is 4.79 Å². The summed E-state index contributed by atoms with van der Waals surface area (Å²) in [6.07, 6.45) is 0.951. The molecule has 0 spiro atoms. The molecule has 0 bridgehead atoms. The number of hydrogen-bond acceptors (Lipinski definition) is 7. The minimum Gasteiger partial charge on any atom is -0.490 e. The molecule has 2 aromatic carbocycles. The van der Waals surface area contributed by atoms with Gasteiger partial charge in [-0.05, 0) is 79.0 Å². The van der Waals surface area contributed by atoms with E-state index in [0.717, 1.165) is 18.4 Å². The van der Waals surface area contributed by atoms with E-state index in [2.05, 4.69) is 15.6 Å². The number of halogens is 1. The van der Waals surface area contributed by atoms with Crippen LogP contribution in [0.2, 0.25) is 5.02 Å². The topological polar surface area (TPSA) is 95.7 Å². The molecule has 1 aromatic heterocycles. The maximum absolute atomic E-state index is 12.7. The van der Waals surface area contributed by atoms with E-state index in [4.69, 9.17) is 30.4 Å². The molecule has 3 aromatic rings. The Hall–Kier alpha value is -3.26. The first-order valence-corrected chi connectivity index (χ1v) is 11.3. The number of rotatable bonds is 11. The molecule has 9 heteroatoms. The highest BCUT2D eigenvalue weighted by Crippen LogP contribution is 2.34. The van der Waals surface area contributed by atoms with Crippen molar-refractivity contribution in [1.82, 2.24) is 10.3 Å². The van der Waals surface area contributed by atoms with Gasteiger partial charge in [0.25, 0.3) is 5.91 Å². The molecule has 0 aliphatic heterocycles. The monoisotopic (exact) mass is 473 g/mol. The maximum atomic E-state index is 12.7. The van der Waals surface area contributed by atoms with Gasteiger partial charge < -0.3 is 19.5 Å². The summed E-state index contributed by atoms with van der Waals surface area (Å²) in [6, 6.07) is 10.6. The molecular formula is C24H28ClN3O5. The summed E-state index contributed by atoms with van der Waals surface area (Å²) in [5.74, 6) is 1.57. The molecule has 0 aliphatic rings. The zero-order valence-corrected chi connectivity index (χ0v) is 19.9. The number of carbonyl (C=O) groups excluding carboxylic acids is 1. The van der Waals surface area contributed by atoms with Crippen molar-refractivity contribution in [3.63, 3.8) is 0 Å². The third-order valence-electron chi connectivity index (χ3n) is 4.68. The maximum Gasteiger partial charge on any atom is 0.266 e. The lowest BCUT2D eigenvalue weighted by molar-refractivity contribution is -0.122. The Bertz CT molecular complexity index is 1090. The van der Waals surface area contributed by atoms with Gasteiger partial charge in [-0.25, -0.2) is 4.63 Å². The van der Waals surface area contributed by atoms with Crippen LogP contribution in [-0.4, -0.2) is 35.5 Å². The normalized spacial score (nSPS) is 11.7. The first-order chi connectivity index (χ1) is 15.9. The van der Waals surface area contributed by atoms with Crippen LogP contribution >= 0.6 is 11.6 Å². The third-order valence-corrected chi connectivity index (χ3v) is 5.11. The molecule has 0 aliphatic carbocycles. The van der Waals surface area contributed by atoms with Gasteiger partial charge >= 0.3 is 0 Å². The van der Waals surface area contributed by atoms with E-state index < -0.39 is 12.0 Å². The molecule has 33 heavy (non-hydrogen) atoms. The van der Waals surface area contributed by atoms with Crippen molar-refractivity contribution in [1.29, 1.82) is 0 Å². The zero-order chi connectivity index (χ0) is 23.8. The number of nitrogens with one attached hydrogen (secondary N) is 1. The van der Waals surface area contributed by atoms with E-state index in [0.29, 0.717) is 46.7 Å². The fourth-order valence-electron chi connectivity index (χ4n) is 2.94. The number of anilines is 1. The molecule has 0 saturated carbocycles. The summed E-state index contributed by atoms with van der Waals surface area (Å²) in [5, 5.41) is 11.2. The van der Waals surface area contributed by atoms with Gasteiger partial charge in [0.05, 0.1) is 13.2 Å². The molecular weight excluding hydrogens is 446 g/mol. The van der Waals surface area contributed by atoms with Crippen molar-refractivity contribution in [2.45, 2.75) is 46.6 Å². The zero-order valence-electron chi connectivity index (χ0n) is 19.2. The largest absolute Gasteiger partial charge is 0.490 e. The first kappa shape index (κ1) is 24.4. The molecule has 0 radical (unpaired) electrons. The highest BCUT2D eigenvalue weighted by atomic mass is 35.5. The van der Waals surface area contributed by atoms with E-state index in [1.54, 1.807) is 31.2 Å². The highest BCUT2D eigenvalue weighted by Gasteiger charge is 2.21. The second-order valence-corrected chi connectivity index (χ2v) is 7.89. The quantitative estimate of drug-likeness (QED) is 0.382. The summed E-state index contributed by atoms with van der Waals surface area (Å²) in [6.45, 7) is 8.70. The van der Waals surface area contributed by atoms with Crippen LogP contribution in [0.4, 0.5) is 5.82 Å². The van der Waals surface area contributed by atoms with Crippen molar-refractivity contribution < 1.29 is 23.6 Å². The van der Waals surface area contributed by atoms with Crippen LogP contribution in [0.1, 0.15) is 39.2 Å². The van der Waals surface area contributed by atoms with Crippen LogP contribution in [0.3, 0.4) is 0 Å². The van der Waals surface area contributed by atoms with Gasteiger partial charge in [0.15, 0.2) is 23.3 Å². The second-order valence-electron chi connectivity index (χ2n) is 7.48. The first-order valence-electron chi connectivity index (χ1n) is 10.9. The van der Waals surface area contributed by atoms with Crippen LogP contribution in [0.25, 0.3) is 11.3 Å². The highest BCUT2D eigenvalue weighted by molar-refractivity contribution is 6.31. The van der Waals surface area contributed by atoms with Gasteiger partial charge in [-0.15, -0.1) is 0 Å². The van der Waals surface area contributed by atoms with Gasteiger partial charge in [-0.1, -0.05) is 25.4 Å². The molecule has 1 N–H and O–H groups in total. The van der Waals surface area contributed by atoms with E-state index >= 15 is 0 Å². The second kappa shape index (κ2) is 11.6. The molecule has 8 nitrogen and oxygen atoms in total. The molecule has 0 fully saturated rings. The lowest BCUT2D eigenvalue weighted by atomic mass is 10.1. The molecule has 176 valence electrons. The summed E-state index contributed by atoms with van der Waals surface area (Å²) < 4.78 is 22.3. The van der Waals surface area contributed by atoms with Crippen molar-refractivity contribution >= 4 is 23.3 Å². The Kier molecular flexibility index (Phi) is 8.54. The van der Waals surface area contributed by atoms with Gasteiger partial charge in [-0.3, -0.25) is 4.79 Å². The number of nitrogens with zero attached hydrogens (tertiary/aromatic N) is 2. The number of aryl methyl sites for hydroxylation is 1. The Morgan fingerprint density at radius 2 is 1.79 bits per heavy atom. The van der Waals surface area contributed by atoms with Crippen molar-refractivity contribution in [3.05, 3.63) is 47.0 Å². The van der Waals surface area contributed by atoms with Crippen molar-refractivity contribution in [2.24, 2.45) is 0 Å². The van der Waals surface area contributed by atoms with Crippen LogP contribution in [0.15, 0.2) is 41.0 Å². The summed E-state index contributed by atoms with van der Waals surface area (Å²) in [4.78, 5) is 12.7. The fraction of sp³-hybridized carbons (Fsp3) is 0.375. The number of benzene rings is 2. The Balaban J connectivity index is 1.75. The summed E-state index contributed by atoms with van der Waals surface area (Å²) in [5.41, 5.74) is 1.90. The van der Waals surface area contributed by atoms with Gasteiger partial charge in [0.2, 0.25) is 5.82 Å². The average molecular weight is 474 g/mol. The van der Waals surface area contributed by atoms with Crippen LogP contribution in [-0.2, 0) is 4.79 Å². The predicted molar refractivity (Wildman–Crippen MR) is 126 cm³/mol. The minimum absolute atomic E-state index is 0.186. The predicted octanol–water partition coefficient (Wildman–Crippen LogP) is 5.68. The van der Waals surface area contributed by atoms with Gasteiger partial charge in [-0.2, -0.15) is 0 Å². The molecule has 0 saturated heterocycles. The lowest BCUT2D eigenvalue weighted by Crippen LogP contribution is -2.30. The Morgan fingerprint density at radius 1 is 1.06 bits per heavy atom. The molecule has 1 unspecified atom stereocenters. The number of aromatic nitrogens is 2. The lowest BCUT2D eigenvalue weighted by Gasteiger charge is -2.15. The Labute approximate surface area is 198 Å². The van der Waals surface area contributed by atoms with Gasteiger partial charge in [0.1, 0.15) is 5.75 Å². The van der Waals surface area contributed by atoms with Crippen LogP contribution in [0.5, 0.6) is 17.2 Å². The summed E-state index contributed by atoms with van der Waals surface area (Å²) in [7, 11) is 0. The number of hydrogen-bond donors (Lipinski definition) is 1. The van der Waals surface area contributed by atoms with Gasteiger partial charge in [0, 0.05) is 10.6 Å². The molecule has 1 amide bonds. The van der Waals surface area contributed by atoms with E-state index in [-0.39, 0.29) is 5.82 Å². The smallest absolute Gasteiger partial charge is 0.266 e. The van der Waals surface area contributed by atoms with Crippen molar-refractivity contribution in [3.8, 4) is 28.5 Å². The minimum atomic E-state index is -0.789. The standard InChI is InChI=1S/C24H28ClN3O5/c1-5-11-30-20-10-7-17(14-21(20)31-12-6-2)22-23(28-33-27-22)26-24(29)16(4)32-18-8-9-19(25)15(3)13-18/h7-10,13-14,16H,5-6,11-12H2,1-4H3,(H,26,28,29). The number of amides is 1. The molecule has 1 atom stereocenters. The van der Waals surface area contributed by atoms with Crippen molar-refractivity contribution in [2.75, 3.05) is 18.5 Å². The third kappa shape index (κ3) is 6.38.